The highest BCUT2D eigenvalue weighted by Crippen LogP contribution is 2.34. The Morgan fingerprint density at radius 2 is 2.08 bits per heavy atom. The predicted molar refractivity (Wildman–Crippen MR) is 78.2 cm³/mol. The molecule has 0 radical (unpaired) electrons. The average molecular weight is 342 g/mol. The normalized spacial score (nSPS) is 21.7. The second-order valence-corrected chi connectivity index (χ2v) is 6.12. The van der Waals surface area contributed by atoms with E-state index >= 15 is 0 Å². The van der Waals surface area contributed by atoms with Crippen molar-refractivity contribution >= 4 is 5.95 Å². The van der Waals surface area contributed by atoms with Gasteiger partial charge in [0.1, 0.15) is 17.0 Å². The number of β-amino-alcohol motifs (C(OH)–C–C–N with tert-alkyl or cyclic N) is 1. The zero-order chi connectivity index (χ0) is 17.5. The van der Waals surface area contributed by atoms with Gasteiger partial charge < -0.3 is 10.0 Å². The van der Waals surface area contributed by atoms with Gasteiger partial charge in [-0.3, -0.25) is 0 Å². The molecular weight excluding hydrogens is 325 g/mol. The molecule has 1 aliphatic heterocycles. The lowest BCUT2D eigenvalue weighted by atomic mass is 10.00. The third kappa shape index (κ3) is 3.05. The van der Waals surface area contributed by atoms with Gasteiger partial charge in [0.25, 0.3) is 0 Å². The highest BCUT2D eigenvalue weighted by atomic mass is 19.4. The maximum absolute atomic E-state index is 12.8. The summed E-state index contributed by atoms with van der Waals surface area (Å²) < 4.78 is 39.9. The molecular formula is C14H17F3N6O. The molecule has 1 fully saturated rings. The molecule has 0 amide bonds. The van der Waals surface area contributed by atoms with E-state index in [2.05, 4.69) is 20.3 Å². The summed E-state index contributed by atoms with van der Waals surface area (Å²) in [6.07, 6.45) is -1.50. The summed E-state index contributed by atoms with van der Waals surface area (Å²) >= 11 is 0. The van der Waals surface area contributed by atoms with E-state index in [9.17, 15) is 18.3 Å². The van der Waals surface area contributed by atoms with Gasteiger partial charge in [-0.25, -0.2) is 14.6 Å². The molecule has 2 aromatic rings. The molecule has 130 valence electrons. The Morgan fingerprint density at radius 1 is 1.33 bits per heavy atom. The average Bonchev–Trinajstić information content (AvgIpc) is 3.14. The van der Waals surface area contributed by atoms with Crippen LogP contribution in [0.3, 0.4) is 0 Å². The molecule has 0 spiro atoms. The first-order valence-corrected chi connectivity index (χ1v) is 7.49. The summed E-state index contributed by atoms with van der Waals surface area (Å²) in [5.41, 5.74) is -1.90. The van der Waals surface area contributed by atoms with E-state index in [1.165, 1.54) is 4.90 Å². The van der Waals surface area contributed by atoms with E-state index in [1.807, 2.05) is 13.8 Å². The second kappa shape index (κ2) is 5.69. The first kappa shape index (κ1) is 16.6. The van der Waals surface area contributed by atoms with Crippen molar-refractivity contribution in [3.05, 3.63) is 29.8 Å². The van der Waals surface area contributed by atoms with Gasteiger partial charge in [-0.05, 0) is 19.9 Å². The van der Waals surface area contributed by atoms with Gasteiger partial charge in [-0.15, -0.1) is 5.10 Å². The van der Waals surface area contributed by atoms with Crippen LogP contribution >= 0.6 is 0 Å². The predicted octanol–water partition coefficient (Wildman–Crippen LogP) is 1.77. The number of rotatable bonds is 3. The fourth-order valence-electron chi connectivity index (χ4n) is 2.57. The molecule has 0 aliphatic carbocycles. The van der Waals surface area contributed by atoms with Crippen molar-refractivity contribution in [2.75, 3.05) is 18.0 Å². The summed E-state index contributed by atoms with van der Waals surface area (Å²) in [5, 5.41) is 18.7. The smallest absolute Gasteiger partial charge is 0.381 e. The van der Waals surface area contributed by atoms with Crippen LogP contribution in [0.1, 0.15) is 37.7 Å². The van der Waals surface area contributed by atoms with Crippen molar-refractivity contribution in [2.45, 2.75) is 38.1 Å². The quantitative estimate of drug-likeness (QED) is 0.916. The van der Waals surface area contributed by atoms with Crippen molar-refractivity contribution in [1.82, 2.24) is 25.0 Å². The third-order valence-electron chi connectivity index (χ3n) is 3.98. The summed E-state index contributed by atoms with van der Waals surface area (Å²) in [5.74, 6) is -0.0583. The third-order valence-corrected chi connectivity index (χ3v) is 3.98. The number of hydrogen-bond acceptors (Lipinski definition) is 6. The first-order valence-electron chi connectivity index (χ1n) is 7.49. The van der Waals surface area contributed by atoms with E-state index in [1.54, 1.807) is 10.9 Å². The minimum absolute atomic E-state index is 0.0583. The van der Waals surface area contributed by atoms with Crippen LogP contribution in [0, 0.1) is 0 Å². The summed E-state index contributed by atoms with van der Waals surface area (Å²) in [4.78, 5) is 8.96. The Bertz CT molecular complexity index is 731. The SMILES string of the molecule is CC(C)n1cc(C2(O)CCN(c3nccc(C(F)(F)F)n3)C2)nn1. The highest BCUT2D eigenvalue weighted by molar-refractivity contribution is 5.35. The molecule has 1 N–H and O–H groups in total. The number of hydrogen-bond donors (Lipinski definition) is 1. The standard InChI is InChI=1S/C14H17F3N6O/c1-9(2)23-7-11(20-21-23)13(24)4-6-22(8-13)12-18-5-3-10(19-12)14(15,16)17/h3,5,7,9,24H,4,6,8H2,1-2H3. The largest absolute Gasteiger partial charge is 0.433 e. The molecule has 0 bridgehead atoms. The molecule has 1 atom stereocenters. The number of halogens is 3. The summed E-state index contributed by atoms with van der Waals surface area (Å²) in [6.45, 7) is 4.25. The highest BCUT2D eigenvalue weighted by Gasteiger charge is 2.42. The van der Waals surface area contributed by atoms with Gasteiger partial charge in [0.05, 0.1) is 12.7 Å². The zero-order valence-electron chi connectivity index (χ0n) is 13.2. The van der Waals surface area contributed by atoms with Crippen LogP contribution in [-0.2, 0) is 11.8 Å². The molecule has 24 heavy (non-hydrogen) atoms. The molecule has 7 nitrogen and oxygen atoms in total. The van der Waals surface area contributed by atoms with Crippen LogP contribution in [0.15, 0.2) is 18.5 Å². The van der Waals surface area contributed by atoms with Gasteiger partial charge in [-0.1, -0.05) is 5.21 Å². The minimum atomic E-state index is -4.53. The van der Waals surface area contributed by atoms with Crippen molar-refractivity contribution < 1.29 is 18.3 Å². The van der Waals surface area contributed by atoms with Crippen molar-refractivity contribution in [3.8, 4) is 0 Å². The van der Waals surface area contributed by atoms with Crippen LogP contribution in [0.5, 0.6) is 0 Å². The molecule has 2 aromatic heterocycles. The van der Waals surface area contributed by atoms with E-state index in [4.69, 9.17) is 0 Å². The van der Waals surface area contributed by atoms with E-state index in [0.29, 0.717) is 18.7 Å². The fourth-order valence-corrected chi connectivity index (χ4v) is 2.57. The Balaban J connectivity index is 1.82. The van der Waals surface area contributed by atoms with Crippen molar-refractivity contribution in [3.63, 3.8) is 0 Å². The van der Waals surface area contributed by atoms with Gasteiger partial charge in [0.2, 0.25) is 5.95 Å². The minimum Gasteiger partial charge on any atom is -0.381 e. The van der Waals surface area contributed by atoms with Crippen LogP contribution < -0.4 is 4.90 Å². The second-order valence-electron chi connectivity index (χ2n) is 6.12. The maximum atomic E-state index is 12.8. The van der Waals surface area contributed by atoms with Crippen molar-refractivity contribution in [2.24, 2.45) is 0 Å². The Morgan fingerprint density at radius 3 is 2.71 bits per heavy atom. The Hall–Kier alpha value is -2.23. The summed E-state index contributed by atoms with van der Waals surface area (Å²) in [6, 6.07) is 0.916. The molecule has 0 aromatic carbocycles. The Labute approximate surface area is 136 Å². The molecule has 1 saturated heterocycles. The maximum Gasteiger partial charge on any atom is 0.433 e. The molecule has 1 aliphatic rings. The van der Waals surface area contributed by atoms with E-state index in [-0.39, 0.29) is 18.5 Å². The monoisotopic (exact) mass is 342 g/mol. The van der Waals surface area contributed by atoms with Crippen LogP contribution in [0.2, 0.25) is 0 Å². The van der Waals surface area contributed by atoms with E-state index < -0.39 is 17.5 Å². The topological polar surface area (TPSA) is 80.0 Å². The van der Waals surface area contributed by atoms with Gasteiger partial charge in [-0.2, -0.15) is 13.2 Å². The molecule has 3 rings (SSSR count). The van der Waals surface area contributed by atoms with Crippen LogP contribution in [0.25, 0.3) is 0 Å². The number of anilines is 1. The lowest BCUT2D eigenvalue weighted by Crippen LogP contribution is -2.32. The molecule has 10 heteroatoms. The van der Waals surface area contributed by atoms with Gasteiger partial charge in [0.15, 0.2) is 0 Å². The zero-order valence-corrected chi connectivity index (χ0v) is 13.2. The molecule has 3 heterocycles. The lowest BCUT2D eigenvalue weighted by Gasteiger charge is -2.21. The summed E-state index contributed by atoms with van der Waals surface area (Å²) in [7, 11) is 0. The number of nitrogens with zero attached hydrogens (tertiary/aromatic N) is 6. The van der Waals surface area contributed by atoms with Gasteiger partial charge >= 0.3 is 6.18 Å². The number of aromatic nitrogens is 5. The molecule has 1 unspecified atom stereocenters. The van der Waals surface area contributed by atoms with Crippen molar-refractivity contribution in [1.29, 1.82) is 0 Å². The lowest BCUT2D eigenvalue weighted by molar-refractivity contribution is -0.141. The fraction of sp³-hybridized carbons (Fsp3) is 0.571. The molecule has 0 saturated carbocycles. The van der Waals surface area contributed by atoms with E-state index in [0.717, 1.165) is 12.3 Å². The Kier molecular flexibility index (Phi) is 3.94. The van der Waals surface area contributed by atoms with Gasteiger partial charge in [0, 0.05) is 25.2 Å². The number of aliphatic hydroxyl groups is 1. The van der Waals surface area contributed by atoms with Crippen LogP contribution in [-0.4, -0.2) is 43.2 Å². The van der Waals surface area contributed by atoms with Crippen LogP contribution in [0.4, 0.5) is 19.1 Å². The number of alkyl halides is 3. The first-order chi connectivity index (χ1) is 11.2.